The molecule has 1 aromatic heterocycles. The third kappa shape index (κ3) is 4.37. The van der Waals surface area contributed by atoms with Crippen LogP contribution in [-0.4, -0.2) is 29.0 Å². The third-order valence-electron chi connectivity index (χ3n) is 3.65. The van der Waals surface area contributed by atoms with Gasteiger partial charge in [0.2, 0.25) is 5.89 Å². The number of nitrogens with two attached hydrogens (primary N) is 1. The molecule has 122 valence electrons. The number of aryl methyl sites for hydroxylation is 1. The molecule has 4 nitrogen and oxygen atoms in total. The van der Waals surface area contributed by atoms with Gasteiger partial charge in [0.25, 0.3) is 0 Å². The summed E-state index contributed by atoms with van der Waals surface area (Å²) < 4.78 is 5.77. The summed E-state index contributed by atoms with van der Waals surface area (Å²) in [6.07, 6.45) is 1.05. The first-order valence-electron chi connectivity index (χ1n) is 6.82. The number of likely N-dealkylation sites (tertiary alicyclic amines) is 1. The molecule has 2 N–H and O–H groups in total. The highest BCUT2D eigenvalue weighted by Gasteiger charge is 2.21. The second-order valence-corrected chi connectivity index (χ2v) is 5.75. The fraction of sp³-hybridized carbons (Fsp3) is 0.400. The van der Waals surface area contributed by atoms with Crippen LogP contribution in [0.5, 0.6) is 0 Å². The molecule has 1 aromatic carbocycles. The predicted octanol–water partition coefficient (Wildman–Crippen LogP) is 3.68. The summed E-state index contributed by atoms with van der Waals surface area (Å²) in [7, 11) is 0. The molecule has 3 rings (SSSR count). The minimum absolute atomic E-state index is 0. The lowest BCUT2D eigenvalue weighted by atomic mass is 10.2. The van der Waals surface area contributed by atoms with Gasteiger partial charge in [0, 0.05) is 36.3 Å². The molecule has 7 heteroatoms. The van der Waals surface area contributed by atoms with E-state index in [4.69, 9.17) is 21.8 Å². The first kappa shape index (κ1) is 19.3. The van der Waals surface area contributed by atoms with Crippen LogP contribution >= 0.6 is 36.4 Å². The average Bonchev–Trinajstić information content (AvgIpc) is 2.97. The summed E-state index contributed by atoms with van der Waals surface area (Å²) in [5.41, 5.74) is 7.82. The minimum Gasteiger partial charge on any atom is -0.441 e. The smallest absolute Gasteiger partial charge is 0.226 e. The van der Waals surface area contributed by atoms with Crippen LogP contribution in [0, 0.1) is 6.92 Å². The Bertz CT molecular complexity index is 618. The van der Waals surface area contributed by atoms with E-state index in [1.165, 1.54) is 0 Å². The zero-order valence-electron chi connectivity index (χ0n) is 12.3. The molecule has 0 aliphatic carbocycles. The van der Waals surface area contributed by atoms with Crippen molar-refractivity contribution in [3.05, 3.63) is 40.7 Å². The van der Waals surface area contributed by atoms with E-state index >= 15 is 0 Å². The first-order chi connectivity index (χ1) is 9.61. The Morgan fingerprint density at radius 2 is 2.18 bits per heavy atom. The summed E-state index contributed by atoms with van der Waals surface area (Å²) >= 11 is 6.00. The van der Waals surface area contributed by atoms with E-state index in [2.05, 4.69) is 9.88 Å². The summed E-state index contributed by atoms with van der Waals surface area (Å²) in [5.74, 6) is 1.49. The Balaban J connectivity index is 0.00000121. The first-order valence-corrected chi connectivity index (χ1v) is 7.20. The lowest BCUT2D eigenvalue weighted by Crippen LogP contribution is -2.26. The fourth-order valence-corrected chi connectivity index (χ4v) is 2.73. The minimum atomic E-state index is 0. The molecule has 0 bridgehead atoms. The summed E-state index contributed by atoms with van der Waals surface area (Å²) in [6.45, 7) is 4.70. The molecule has 2 aromatic rings. The zero-order valence-corrected chi connectivity index (χ0v) is 14.7. The van der Waals surface area contributed by atoms with E-state index in [0.717, 1.165) is 43.1 Å². The molecular formula is C15H20Cl3N3O. The quantitative estimate of drug-likeness (QED) is 0.902. The van der Waals surface area contributed by atoms with Crippen LogP contribution in [0.1, 0.15) is 17.9 Å². The summed E-state index contributed by atoms with van der Waals surface area (Å²) in [4.78, 5) is 6.92. The van der Waals surface area contributed by atoms with Gasteiger partial charge >= 0.3 is 0 Å². The standard InChI is InChI=1S/C15H18ClN3O.2ClH/c1-10-14(9-19-6-5-13(17)8-19)18-15(20-10)11-3-2-4-12(16)7-11;;/h2-4,7,13H,5-6,8-9,17H2,1H3;2*1H. The molecular weight excluding hydrogens is 345 g/mol. The van der Waals surface area contributed by atoms with Crippen LogP contribution in [0.3, 0.4) is 0 Å². The topological polar surface area (TPSA) is 55.3 Å². The Labute approximate surface area is 147 Å². The van der Waals surface area contributed by atoms with Gasteiger partial charge in [0.15, 0.2) is 0 Å². The number of hydrogen-bond acceptors (Lipinski definition) is 4. The summed E-state index contributed by atoms with van der Waals surface area (Å²) in [6, 6.07) is 7.84. The SMILES string of the molecule is Cc1oc(-c2cccc(Cl)c2)nc1CN1CCC(N)C1.Cl.Cl. The van der Waals surface area contributed by atoms with E-state index < -0.39 is 0 Å². The van der Waals surface area contributed by atoms with Crippen molar-refractivity contribution in [3.63, 3.8) is 0 Å². The molecule has 2 heterocycles. The number of aromatic nitrogens is 1. The van der Waals surface area contributed by atoms with Crippen LogP contribution in [0.4, 0.5) is 0 Å². The Kier molecular flexibility index (Phi) is 7.16. The van der Waals surface area contributed by atoms with Crippen molar-refractivity contribution >= 4 is 36.4 Å². The van der Waals surface area contributed by atoms with E-state index in [0.29, 0.717) is 10.9 Å². The maximum absolute atomic E-state index is 6.00. The van der Waals surface area contributed by atoms with Crippen LogP contribution in [0.25, 0.3) is 11.5 Å². The highest BCUT2D eigenvalue weighted by Crippen LogP contribution is 2.25. The van der Waals surface area contributed by atoms with Gasteiger partial charge in [-0.1, -0.05) is 17.7 Å². The van der Waals surface area contributed by atoms with Crippen LogP contribution < -0.4 is 5.73 Å². The molecule has 22 heavy (non-hydrogen) atoms. The molecule has 0 spiro atoms. The van der Waals surface area contributed by atoms with E-state index in [9.17, 15) is 0 Å². The van der Waals surface area contributed by atoms with Gasteiger partial charge in [-0.15, -0.1) is 24.8 Å². The number of benzene rings is 1. The van der Waals surface area contributed by atoms with Crippen molar-refractivity contribution < 1.29 is 4.42 Å². The normalized spacial score (nSPS) is 17.9. The molecule has 1 saturated heterocycles. The van der Waals surface area contributed by atoms with E-state index in [-0.39, 0.29) is 30.9 Å². The maximum Gasteiger partial charge on any atom is 0.226 e. The summed E-state index contributed by atoms with van der Waals surface area (Å²) in [5, 5.41) is 0.686. The number of nitrogens with zero attached hydrogens (tertiary/aromatic N) is 2. The van der Waals surface area contributed by atoms with Crippen molar-refractivity contribution in [2.24, 2.45) is 5.73 Å². The Hall–Kier alpha value is -0.780. The highest BCUT2D eigenvalue weighted by atomic mass is 35.5. The molecule has 1 atom stereocenters. The molecule has 0 amide bonds. The molecule has 1 fully saturated rings. The van der Waals surface area contributed by atoms with Crippen molar-refractivity contribution in [1.82, 2.24) is 9.88 Å². The van der Waals surface area contributed by atoms with Gasteiger partial charge in [-0.3, -0.25) is 4.90 Å². The lowest BCUT2D eigenvalue weighted by Gasteiger charge is -2.12. The molecule has 1 unspecified atom stereocenters. The lowest BCUT2D eigenvalue weighted by molar-refractivity contribution is 0.321. The van der Waals surface area contributed by atoms with Gasteiger partial charge in [-0.05, 0) is 31.5 Å². The Morgan fingerprint density at radius 1 is 1.41 bits per heavy atom. The molecule has 1 aliphatic heterocycles. The molecule has 0 radical (unpaired) electrons. The molecule has 0 saturated carbocycles. The van der Waals surface area contributed by atoms with Crippen LogP contribution in [0.15, 0.2) is 28.7 Å². The van der Waals surface area contributed by atoms with Crippen molar-refractivity contribution in [3.8, 4) is 11.5 Å². The predicted molar refractivity (Wildman–Crippen MR) is 94.1 cm³/mol. The maximum atomic E-state index is 6.00. The van der Waals surface area contributed by atoms with Gasteiger partial charge < -0.3 is 10.2 Å². The number of oxazole rings is 1. The largest absolute Gasteiger partial charge is 0.441 e. The van der Waals surface area contributed by atoms with E-state index in [1.54, 1.807) is 0 Å². The van der Waals surface area contributed by atoms with Crippen LogP contribution in [0.2, 0.25) is 5.02 Å². The Morgan fingerprint density at radius 3 is 2.82 bits per heavy atom. The number of hydrogen-bond donors (Lipinski definition) is 1. The van der Waals surface area contributed by atoms with Gasteiger partial charge in [-0.25, -0.2) is 4.98 Å². The average molecular weight is 365 g/mol. The highest BCUT2D eigenvalue weighted by molar-refractivity contribution is 6.30. The van der Waals surface area contributed by atoms with Crippen molar-refractivity contribution in [2.45, 2.75) is 25.9 Å². The van der Waals surface area contributed by atoms with Gasteiger partial charge in [-0.2, -0.15) is 0 Å². The second-order valence-electron chi connectivity index (χ2n) is 5.32. The van der Waals surface area contributed by atoms with E-state index in [1.807, 2.05) is 31.2 Å². The van der Waals surface area contributed by atoms with Crippen molar-refractivity contribution in [2.75, 3.05) is 13.1 Å². The monoisotopic (exact) mass is 363 g/mol. The second kappa shape index (κ2) is 8.18. The van der Waals surface area contributed by atoms with Gasteiger partial charge in [0.05, 0.1) is 5.69 Å². The van der Waals surface area contributed by atoms with Crippen LogP contribution in [-0.2, 0) is 6.54 Å². The molecule has 1 aliphatic rings. The number of rotatable bonds is 3. The third-order valence-corrected chi connectivity index (χ3v) is 3.88. The fourth-order valence-electron chi connectivity index (χ4n) is 2.54. The van der Waals surface area contributed by atoms with Crippen molar-refractivity contribution in [1.29, 1.82) is 0 Å². The van der Waals surface area contributed by atoms with Gasteiger partial charge in [0.1, 0.15) is 5.76 Å². The zero-order chi connectivity index (χ0) is 14.1. The number of halogens is 3.